The van der Waals surface area contributed by atoms with Crippen LogP contribution in [0.3, 0.4) is 0 Å². The monoisotopic (exact) mass is 474 g/mol. The molecule has 3 aromatic carbocycles. The quantitative estimate of drug-likeness (QED) is 0.257. The maximum atomic E-state index is 12.8. The number of H-pyrrole nitrogens is 1. The number of rotatable bonds is 5. The van der Waals surface area contributed by atoms with E-state index in [1.54, 1.807) is 12.1 Å². The van der Waals surface area contributed by atoms with Crippen LogP contribution in [-0.2, 0) is 6.42 Å². The van der Waals surface area contributed by atoms with Gasteiger partial charge in [-0.3, -0.25) is 15.1 Å². The Kier molecular flexibility index (Phi) is 6.48. The first kappa shape index (κ1) is 20.9. The number of fused-ring (bicyclic) bond motifs is 1. The Hall–Kier alpha value is -3.38. The highest BCUT2D eigenvalue weighted by Gasteiger charge is 2.10. The minimum absolute atomic E-state index is 0.215. The minimum Gasteiger partial charge on any atom is -0.361 e. The summed E-state index contributed by atoms with van der Waals surface area (Å²) in [5, 5.41) is 7.37. The van der Waals surface area contributed by atoms with Gasteiger partial charge in [0.05, 0.1) is 0 Å². The number of hydrogen-bond acceptors (Lipinski definition) is 2. The number of aryl methyl sites for hydroxylation is 1. The first-order valence-electron chi connectivity index (χ1n) is 10.1. The third-order valence-electron chi connectivity index (χ3n) is 4.93. The molecule has 0 spiro atoms. The van der Waals surface area contributed by atoms with Crippen molar-refractivity contribution in [2.45, 2.75) is 13.3 Å². The van der Waals surface area contributed by atoms with Crippen LogP contribution in [0.15, 0.2) is 88.5 Å². The topological polar surface area (TPSA) is 69.3 Å². The van der Waals surface area contributed by atoms with Crippen LogP contribution in [0, 0.1) is 6.92 Å². The third kappa shape index (κ3) is 5.41. The highest BCUT2D eigenvalue weighted by Crippen LogP contribution is 2.18. The molecular weight excluding hydrogens is 452 g/mol. The molecule has 0 saturated heterocycles. The molecule has 5 nitrogen and oxygen atoms in total. The van der Waals surface area contributed by atoms with Crippen LogP contribution in [-0.4, -0.2) is 23.4 Å². The average molecular weight is 475 g/mol. The number of anilines is 1. The van der Waals surface area contributed by atoms with Gasteiger partial charge in [-0.15, -0.1) is 0 Å². The number of aliphatic imine (C=N–C) groups is 1. The van der Waals surface area contributed by atoms with Crippen LogP contribution in [0.4, 0.5) is 5.69 Å². The maximum absolute atomic E-state index is 12.8. The summed E-state index contributed by atoms with van der Waals surface area (Å²) in [6.45, 7) is 2.56. The van der Waals surface area contributed by atoms with Crippen molar-refractivity contribution in [1.82, 2.24) is 10.3 Å². The van der Waals surface area contributed by atoms with Crippen LogP contribution in [0.2, 0.25) is 0 Å². The summed E-state index contributed by atoms with van der Waals surface area (Å²) in [6, 6.07) is 23.5. The normalized spacial score (nSPS) is 11.5. The van der Waals surface area contributed by atoms with Crippen molar-refractivity contribution in [3.63, 3.8) is 0 Å². The van der Waals surface area contributed by atoms with Gasteiger partial charge in [-0.2, -0.15) is 0 Å². The molecule has 0 bridgehead atoms. The van der Waals surface area contributed by atoms with Gasteiger partial charge in [0, 0.05) is 39.4 Å². The van der Waals surface area contributed by atoms with Crippen LogP contribution in [0.1, 0.15) is 21.5 Å². The number of guanidine groups is 1. The first-order valence-corrected chi connectivity index (χ1v) is 10.9. The molecule has 4 aromatic rings. The van der Waals surface area contributed by atoms with E-state index in [-0.39, 0.29) is 5.91 Å². The van der Waals surface area contributed by atoms with Gasteiger partial charge in [0.15, 0.2) is 0 Å². The van der Waals surface area contributed by atoms with Crippen molar-refractivity contribution >= 4 is 44.4 Å². The number of amides is 1. The Balaban J connectivity index is 1.52. The zero-order chi connectivity index (χ0) is 21.6. The molecule has 1 aromatic heterocycles. The molecule has 156 valence electrons. The lowest BCUT2D eigenvalue weighted by molar-refractivity contribution is 0.0977. The molecule has 0 aliphatic rings. The maximum Gasteiger partial charge on any atom is 0.257 e. The fourth-order valence-electron chi connectivity index (χ4n) is 3.41. The molecule has 0 saturated carbocycles. The van der Waals surface area contributed by atoms with Crippen molar-refractivity contribution in [3.8, 4) is 0 Å². The third-order valence-corrected chi connectivity index (χ3v) is 5.42. The predicted octanol–water partition coefficient (Wildman–Crippen LogP) is 5.68. The second-order valence-corrected chi connectivity index (χ2v) is 8.21. The zero-order valence-corrected chi connectivity index (χ0v) is 18.7. The number of nitrogens with one attached hydrogen (secondary N) is 3. The van der Waals surface area contributed by atoms with Gasteiger partial charge in [0.1, 0.15) is 0 Å². The lowest BCUT2D eigenvalue weighted by Gasteiger charge is -2.12. The predicted molar refractivity (Wildman–Crippen MR) is 131 cm³/mol. The molecule has 3 N–H and O–H groups in total. The van der Waals surface area contributed by atoms with Gasteiger partial charge < -0.3 is 10.3 Å². The molecule has 1 heterocycles. The molecule has 1 amide bonds. The Bertz CT molecular complexity index is 1250. The number of carbonyl (C=O) groups is 1. The Morgan fingerprint density at radius 1 is 1.03 bits per heavy atom. The van der Waals surface area contributed by atoms with Crippen molar-refractivity contribution < 1.29 is 4.79 Å². The van der Waals surface area contributed by atoms with Gasteiger partial charge in [0.25, 0.3) is 5.91 Å². The fourth-order valence-corrected chi connectivity index (χ4v) is 3.81. The van der Waals surface area contributed by atoms with E-state index in [0.29, 0.717) is 18.1 Å². The second-order valence-electron chi connectivity index (χ2n) is 7.30. The van der Waals surface area contributed by atoms with Crippen LogP contribution in [0.25, 0.3) is 10.9 Å². The van der Waals surface area contributed by atoms with Gasteiger partial charge in [-0.25, -0.2) is 0 Å². The summed E-state index contributed by atoms with van der Waals surface area (Å²) in [6.07, 6.45) is 2.78. The van der Waals surface area contributed by atoms with E-state index in [1.165, 1.54) is 10.9 Å². The standard InChI is InChI=1S/C25H23BrN4O/c1-17-6-4-9-21(14-17)29-25(30-24(31)18-7-5-8-20(26)15-18)27-13-12-19-16-28-23-11-3-2-10-22(19)23/h2-11,14-16,28H,12-13H2,1H3,(H2,27,29,30,31). The molecule has 0 radical (unpaired) electrons. The van der Waals surface area contributed by atoms with Crippen molar-refractivity contribution in [2.24, 2.45) is 4.99 Å². The van der Waals surface area contributed by atoms with Crippen molar-refractivity contribution in [1.29, 1.82) is 0 Å². The van der Waals surface area contributed by atoms with Crippen LogP contribution < -0.4 is 10.6 Å². The summed E-state index contributed by atoms with van der Waals surface area (Å²) in [5.74, 6) is 0.211. The number of carbonyl (C=O) groups excluding carboxylic acids is 1. The van der Waals surface area contributed by atoms with E-state index in [2.05, 4.69) is 48.7 Å². The number of nitrogens with zero attached hydrogens (tertiary/aromatic N) is 1. The van der Waals surface area contributed by atoms with Crippen molar-refractivity contribution in [2.75, 3.05) is 11.9 Å². The molecule has 31 heavy (non-hydrogen) atoms. The first-order chi connectivity index (χ1) is 15.1. The Morgan fingerprint density at radius 2 is 1.87 bits per heavy atom. The molecule has 0 aliphatic carbocycles. The number of benzene rings is 3. The van der Waals surface area contributed by atoms with Gasteiger partial charge in [-0.1, -0.05) is 52.3 Å². The zero-order valence-electron chi connectivity index (χ0n) is 17.2. The van der Waals surface area contributed by atoms with Crippen molar-refractivity contribution in [3.05, 3.63) is 100 Å². The van der Waals surface area contributed by atoms with E-state index < -0.39 is 0 Å². The van der Waals surface area contributed by atoms with E-state index in [4.69, 9.17) is 0 Å². The average Bonchev–Trinajstić information content (AvgIpc) is 3.17. The largest absolute Gasteiger partial charge is 0.361 e. The number of para-hydroxylation sites is 1. The molecule has 0 aliphatic heterocycles. The van der Waals surface area contributed by atoms with E-state index >= 15 is 0 Å². The molecular formula is C25H23BrN4O. The van der Waals surface area contributed by atoms with E-state index in [1.807, 2.05) is 61.7 Å². The van der Waals surface area contributed by atoms with Crippen LogP contribution >= 0.6 is 15.9 Å². The summed E-state index contributed by atoms with van der Waals surface area (Å²) in [7, 11) is 0. The molecule has 6 heteroatoms. The summed E-state index contributed by atoms with van der Waals surface area (Å²) >= 11 is 3.41. The van der Waals surface area contributed by atoms with E-state index in [9.17, 15) is 4.79 Å². The number of hydrogen-bond donors (Lipinski definition) is 3. The summed E-state index contributed by atoms with van der Waals surface area (Å²) in [5.41, 5.74) is 4.88. The Labute approximate surface area is 189 Å². The lowest BCUT2D eigenvalue weighted by atomic mass is 10.1. The SMILES string of the molecule is Cc1cccc(NC(=NCCc2c[nH]c3ccccc23)NC(=O)c2cccc(Br)c2)c1. The van der Waals surface area contributed by atoms with Gasteiger partial charge in [-0.05, 0) is 60.9 Å². The lowest BCUT2D eigenvalue weighted by Crippen LogP contribution is -2.36. The van der Waals surface area contributed by atoms with Gasteiger partial charge >= 0.3 is 0 Å². The second kappa shape index (κ2) is 9.62. The number of aromatic nitrogens is 1. The highest BCUT2D eigenvalue weighted by molar-refractivity contribution is 9.10. The molecule has 0 atom stereocenters. The summed E-state index contributed by atoms with van der Waals surface area (Å²) < 4.78 is 0.851. The fraction of sp³-hybridized carbons (Fsp3) is 0.120. The number of aromatic amines is 1. The van der Waals surface area contributed by atoms with Crippen LogP contribution in [0.5, 0.6) is 0 Å². The Morgan fingerprint density at radius 3 is 2.71 bits per heavy atom. The van der Waals surface area contributed by atoms with Gasteiger partial charge in [0.2, 0.25) is 5.96 Å². The molecule has 0 unspecified atom stereocenters. The molecule has 0 fully saturated rings. The highest BCUT2D eigenvalue weighted by atomic mass is 79.9. The summed E-state index contributed by atoms with van der Waals surface area (Å²) in [4.78, 5) is 20.7. The molecule has 4 rings (SSSR count). The minimum atomic E-state index is -0.215. The smallest absolute Gasteiger partial charge is 0.257 e. The van der Waals surface area contributed by atoms with E-state index in [0.717, 1.165) is 27.7 Å². The number of halogens is 1.